The first-order chi connectivity index (χ1) is 11.5. The van der Waals surface area contributed by atoms with Crippen molar-refractivity contribution in [2.45, 2.75) is 26.5 Å². The largest absolute Gasteiger partial charge is 0.489 e. The molecule has 0 aliphatic heterocycles. The Morgan fingerprint density at radius 1 is 1.44 bits per heavy atom. The molecule has 8 heteroatoms. The molecule has 7 nitrogen and oxygen atoms in total. The maximum Gasteiger partial charge on any atom is 0.193 e. The SMILES string of the molecule is CN=C(NCC(C)Oc1cccc(C)c1)N(C)Cc1ncnn1C.I. The van der Waals surface area contributed by atoms with Crippen molar-refractivity contribution >= 4 is 29.9 Å². The molecule has 1 aromatic heterocycles. The first-order valence-corrected chi connectivity index (χ1v) is 7.97. The van der Waals surface area contributed by atoms with Crippen LogP contribution >= 0.6 is 24.0 Å². The van der Waals surface area contributed by atoms with Gasteiger partial charge in [-0.15, -0.1) is 24.0 Å². The van der Waals surface area contributed by atoms with E-state index >= 15 is 0 Å². The van der Waals surface area contributed by atoms with E-state index in [1.807, 2.05) is 44.1 Å². The maximum atomic E-state index is 5.93. The van der Waals surface area contributed by atoms with Crippen molar-refractivity contribution in [1.29, 1.82) is 0 Å². The van der Waals surface area contributed by atoms with Crippen LogP contribution in [0.5, 0.6) is 5.75 Å². The van der Waals surface area contributed by atoms with Crippen LogP contribution in [-0.2, 0) is 13.6 Å². The normalized spacial score (nSPS) is 12.3. The van der Waals surface area contributed by atoms with E-state index in [4.69, 9.17) is 4.74 Å². The molecule has 138 valence electrons. The molecule has 0 aliphatic rings. The summed E-state index contributed by atoms with van der Waals surface area (Å²) in [6, 6.07) is 8.06. The lowest BCUT2D eigenvalue weighted by Crippen LogP contribution is -2.42. The Hall–Kier alpha value is -1.84. The molecule has 0 spiro atoms. The van der Waals surface area contributed by atoms with Crippen molar-refractivity contribution in [3.05, 3.63) is 42.0 Å². The molecule has 0 bridgehead atoms. The van der Waals surface area contributed by atoms with Crippen molar-refractivity contribution < 1.29 is 4.74 Å². The van der Waals surface area contributed by atoms with Crippen molar-refractivity contribution in [2.75, 3.05) is 20.6 Å². The van der Waals surface area contributed by atoms with Crippen LogP contribution < -0.4 is 10.1 Å². The van der Waals surface area contributed by atoms with Crippen molar-refractivity contribution in [1.82, 2.24) is 25.0 Å². The van der Waals surface area contributed by atoms with Gasteiger partial charge in [0.25, 0.3) is 0 Å². The number of aromatic nitrogens is 3. The number of guanidine groups is 1. The molecule has 0 amide bonds. The average Bonchev–Trinajstić information content (AvgIpc) is 2.93. The number of ether oxygens (including phenoxy) is 1. The number of benzene rings is 1. The number of hydrogen-bond donors (Lipinski definition) is 1. The summed E-state index contributed by atoms with van der Waals surface area (Å²) >= 11 is 0. The molecule has 1 unspecified atom stereocenters. The standard InChI is InChI=1S/C17H26N6O.HI/c1-13-7-6-8-15(9-13)24-14(2)10-19-17(18-3)22(4)11-16-20-12-21-23(16)5;/h6-9,12,14H,10-11H2,1-5H3,(H,18,19);1H. The van der Waals surface area contributed by atoms with Gasteiger partial charge in [0.05, 0.1) is 13.1 Å². The first-order valence-electron chi connectivity index (χ1n) is 7.97. The summed E-state index contributed by atoms with van der Waals surface area (Å²) in [5, 5.41) is 7.41. The van der Waals surface area contributed by atoms with Gasteiger partial charge in [0.1, 0.15) is 24.0 Å². The second-order valence-electron chi connectivity index (χ2n) is 5.83. The number of hydrogen-bond acceptors (Lipinski definition) is 4. The Bertz CT molecular complexity index is 687. The van der Waals surface area contributed by atoms with E-state index in [0.29, 0.717) is 13.1 Å². The van der Waals surface area contributed by atoms with E-state index in [9.17, 15) is 0 Å². The molecule has 1 aromatic carbocycles. The van der Waals surface area contributed by atoms with Gasteiger partial charge in [0.2, 0.25) is 0 Å². The Morgan fingerprint density at radius 2 is 2.20 bits per heavy atom. The lowest BCUT2D eigenvalue weighted by molar-refractivity contribution is 0.222. The van der Waals surface area contributed by atoms with Gasteiger partial charge in [-0.2, -0.15) is 5.10 Å². The molecule has 2 rings (SSSR count). The lowest BCUT2D eigenvalue weighted by atomic mass is 10.2. The fraction of sp³-hybridized carbons (Fsp3) is 0.471. The Morgan fingerprint density at radius 3 is 2.80 bits per heavy atom. The summed E-state index contributed by atoms with van der Waals surface area (Å²) in [5.74, 6) is 2.55. The van der Waals surface area contributed by atoms with Gasteiger partial charge in [-0.3, -0.25) is 9.67 Å². The van der Waals surface area contributed by atoms with Crippen molar-refractivity contribution in [2.24, 2.45) is 12.0 Å². The summed E-state index contributed by atoms with van der Waals surface area (Å²) in [4.78, 5) is 10.5. The van der Waals surface area contributed by atoms with Crippen LogP contribution in [0, 0.1) is 6.92 Å². The van der Waals surface area contributed by atoms with Crippen LogP contribution in [0.25, 0.3) is 0 Å². The minimum Gasteiger partial charge on any atom is -0.489 e. The second-order valence-corrected chi connectivity index (χ2v) is 5.83. The van der Waals surface area contributed by atoms with E-state index in [-0.39, 0.29) is 30.1 Å². The van der Waals surface area contributed by atoms with Gasteiger partial charge in [0, 0.05) is 21.1 Å². The third kappa shape index (κ3) is 6.52. The smallest absolute Gasteiger partial charge is 0.193 e. The van der Waals surface area contributed by atoms with Crippen LogP contribution in [-0.4, -0.2) is 52.4 Å². The first kappa shape index (κ1) is 21.2. The highest BCUT2D eigenvalue weighted by Crippen LogP contribution is 2.13. The van der Waals surface area contributed by atoms with Gasteiger partial charge in [0.15, 0.2) is 5.96 Å². The fourth-order valence-corrected chi connectivity index (χ4v) is 2.33. The summed E-state index contributed by atoms with van der Waals surface area (Å²) in [7, 11) is 5.61. The quantitative estimate of drug-likeness (QED) is 0.409. The molecule has 1 N–H and O–H groups in total. The zero-order valence-electron chi connectivity index (χ0n) is 15.4. The van der Waals surface area contributed by atoms with Crippen LogP contribution in [0.2, 0.25) is 0 Å². The van der Waals surface area contributed by atoms with E-state index in [1.165, 1.54) is 5.56 Å². The van der Waals surface area contributed by atoms with E-state index in [2.05, 4.69) is 33.4 Å². The van der Waals surface area contributed by atoms with Gasteiger partial charge in [-0.05, 0) is 31.5 Å². The zero-order chi connectivity index (χ0) is 17.5. The Balaban J connectivity index is 0.00000312. The van der Waals surface area contributed by atoms with Crippen LogP contribution in [0.4, 0.5) is 0 Å². The van der Waals surface area contributed by atoms with Crippen LogP contribution in [0.15, 0.2) is 35.6 Å². The van der Waals surface area contributed by atoms with Crippen LogP contribution in [0.1, 0.15) is 18.3 Å². The van der Waals surface area contributed by atoms with Gasteiger partial charge < -0.3 is 15.0 Å². The fourth-order valence-electron chi connectivity index (χ4n) is 2.33. The summed E-state index contributed by atoms with van der Waals surface area (Å²) in [5.41, 5.74) is 1.19. The number of nitrogens with zero attached hydrogens (tertiary/aromatic N) is 5. The number of aryl methyl sites for hydroxylation is 2. The molecule has 2 aromatic rings. The molecule has 0 saturated carbocycles. The number of rotatable bonds is 6. The molecule has 0 aliphatic carbocycles. The third-order valence-electron chi connectivity index (χ3n) is 3.63. The van der Waals surface area contributed by atoms with Crippen LogP contribution in [0.3, 0.4) is 0 Å². The highest BCUT2D eigenvalue weighted by Gasteiger charge is 2.12. The highest BCUT2D eigenvalue weighted by molar-refractivity contribution is 14.0. The predicted octanol–water partition coefficient (Wildman–Crippen LogP) is 2.22. The molecule has 0 saturated heterocycles. The number of halogens is 1. The lowest BCUT2D eigenvalue weighted by Gasteiger charge is -2.23. The Labute approximate surface area is 166 Å². The predicted molar refractivity (Wildman–Crippen MR) is 111 cm³/mol. The molecule has 25 heavy (non-hydrogen) atoms. The zero-order valence-corrected chi connectivity index (χ0v) is 17.8. The monoisotopic (exact) mass is 458 g/mol. The number of nitrogens with one attached hydrogen (secondary N) is 1. The minimum absolute atomic E-state index is 0. The van der Waals surface area contributed by atoms with Gasteiger partial charge in [-0.25, -0.2) is 4.98 Å². The van der Waals surface area contributed by atoms with Crippen molar-refractivity contribution in [3.63, 3.8) is 0 Å². The molecule has 0 radical (unpaired) electrons. The molecule has 1 heterocycles. The van der Waals surface area contributed by atoms with E-state index in [0.717, 1.165) is 17.5 Å². The highest BCUT2D eigenvalue weighted by atomic mass is 127. The second kappa shape index (κ2) is 10.2. The van der Waals surface area contributed by atoms with Gasteiger partial charge >= 0.3 is 0 Å². The topological polar surface area (TPSA) is 67.6 Å². The summed E-state index contributed by atoms with van der Waals surface area (Å²) < 4.78 is 7.69. The van der Waals surface area contributed by atoms with E-state index < -0.39 is 0 Å². The third-order valence-corrected chi connectivity index (χ3v) is 3.63. The van der Waals surface area contributed by atoms with E-state index in [1.54, 1.807) is 18.1 Å². The molecular formula is C17H27IN6O. The molecule has 0 fully saturated rings. The summed E-state index contributed by atoms with van der Waals surface area (Å²) in [6.45, 7) is 5.37. The van der Waals surface area contributed by atoms with Crippen molar-refractivity contribution in [3.8, 4) is 5.75 Å². The molecular weight excluding hydrogens is 431 g/mol. The average molecular weight is 458 g/mol. The Kier molecular flexibility index (Phi) is 8.67. The minimum atomic E-state index is 0. The van der Waals surface area contributed by atoms with Gasteiger partial charge in [-0.1, -0.05) is 12.1 Å². The maximum absolute atomic E-state index is 5.93. The number of aliphatic imine (C=N–C) groups is 1. The molecule has 1 atom stereocenters. The summed E-state index contributed by atoms with van der Waals surface area (Å²) in [6.07, 6.45) is 1.57.